The summed E-state index contributed by atoms with van der Waals surface area (Å²) in [6.07, 6.45) is 3.57. The number of pyridine rings is 1. The smallest absolute Gasteiger partial charge is 0.410 e. The molecule has 6 nitrogen and oxygen atoms in total. The van der Waals surface area contributed by atoms with Crippen LogP contribution in [-0.2, 0) is 16.0 Å². The molecule has 1 atom stereocenters. The lowest BCUT2D eigenvalue weighted by atomic mass is 9.71. The van der Waals surface area contributed by atoms with Crippen LogP contribution in [0.5, 0.6) is 5.75 Å². The Labute approximate surface area is 177 Å². The van der Waals surface area contributed by atoms with Crippen LogP contribution in [0, 0.1) is 5.41 Å². The largest absolute Gasteiger partial charge is 0.497 e. The van der Waals surface area contributed by atoms with E-state index in [-0.39, 0.29) is 25.0 Å². The minimum atomic E-state index is -0.786. The highest BCUT2D eigenvalue weighted by Gasteiger charge is 2.48. The Morgan fingerprint density at radius 3 is 2.57 bits per heavy atom. The molecule has 0 saturated carbocycles. The lowest BCUT2D eigenvalue weighted by Gasteiger charge is -2.45. The van der Waals surface area contributed by atoms with E-state index in [1.54, 1.807) is 31.2 Å². The van der Waals surface area contributed by atoms with Crippen molar-refractivity contribution in [3.63, 3.8) is 0 Å². The number of ether oxygens (including phenoxy) is 2. The van der Waals surface area contributed by atoms with E-state index in [0.29, 0.717) is 17.7 Å². The average Bonchev–Trinajstić information content (AvgIpc) is 2.75. The number of likely N-dealkylation sites (tertiary alicyclic amines) is 1. The Hall–Kier alpha value is -3.15. The molecule has 3 rings (SSSR count). The van der Waals surface area contributed by atoms with Crippen molar-refractivity contribution in [2.75, 3.05) is 20.3 Å². The molecule has 30 heavy (non-hydrogen) atoms. The van der Waals surface area contributed by atoms with Crippen LogP contribution in [-0.4, -0.2) is 48.1 Å². The number of benzene rings is 1. The number of rotatable bonds is 5. The fourth-order valence-electron chi connectivity index (χ4n) is 3.82. The predicted molar refractivity (Wildman–Crippen MR) is 115 cm³/mol. The molecule has 0 spiro atoms. The number of carbonyl (C=O) groups excluding carboxylic acids is 2. The summed E-state index contributed by atoms with van der Waals surface area (Å²) in [6, 6.07) is 12.9. The number of piperidine rings is 1. The molecular weight excluding hydrogens is 380 g/mol. The van der Waals surface area contributed by atoms with Gasteiger partial charge in [-0.05, 0) is 49.2 Å². The summed E-state index contributed by atoms with van der Waals surface area (Å²) >= 11 is 0. The van der Waals surface area contributed by atoms with Gasteiger partial charge < -0.3 is 9.47 Å². The Balaban J connectivity index is 1.96. The fourth-order valence-corrected chi connectivity index (χ4v) is 3.82. The van der Waals surface area contributed by atoms with Gasteiger partial charge in [0.2, 0.25) is 0 Å². The first-order valence-corrected chi connectivity index (χ1v) is 10.1. The molecule has 0 aliphatic carbocycles. The van der Waals surface area contributed by atoms with E-state index in [1.807, 2.05) is 56.3 Å². The maximum absolute atomic E-state index is 13.4. The molecule has 2 aromatic rings. The van der Waals surface area contributed by atoms with Gasteiger partial charge in [0.05, 0.1) is 32.0 Å². The van der Waals surface area contributed by atoms with Crippen molar-refractivity contribution in [1.82, 2.24) is 9.88 Å². The molecule has 1 unspecified atom stereocenters. The van der Waals surface area contributed by atoms with Crippen molar-refractivity contribution in [2.45, 2.75) is 33.2 Å². The summed E-state index contributed by atoms with van der Waals surface area (Å²) in [6.45, 7) is 6.03. The van der Waals surface area contributed by atoms with Gasteiger partial charge in [-0.1, -0.05) is 32.0 Å². The van der Waals surface area contributed by atoms with Crippen LogP contribution in [0.1, 0.15) is 32.0 Å². The lowest BCUT2D eigenvalue weighted by Crippen LogP contribution is -2.58. The van der Waals surface area contributed by atoms with Crippen LogP contribution in [0.25, 0.3) is 6.08 Å². The maximum atomic E-state index is 13.4. The van der Waals surface area contributed by atoms with Crippen molar-refractivity contribution in [3.05, 3.63) is 65.5 Å². The SMILES string of the molecule is CCOC(=O)N1C/C(=C/c2ccccn2)C(=O)C(C)(C)C1Cc1ccc(OC)cc1. The fraction of sp³-hybridized carbons (Fsp3) is 0.375. The topological polar surface area (TPSA) is 68.7 Å². The van der Waals surface area contributed by atoms with Crippen LogP contribution in [0.15, 0.2) is 54.2 Å². The first-order valence-electron chi connectivity index (χ1n) is 10.1. The number of nitrogens with zero attached hydrogens (tertiary/aromatic N) is 2. The molecule has 1 aliphatic rings. The van der Waals surface area contributed by atoms with Gasteiger partial charge in [0.15, 0.2) is 5.78 Å². The molecule has 6 heteroatoms. The van der Waals surface area contributed by atoms with E-state index in [1.165, 1.54) is 0 Å². The third-order valence-electron chi connectivity index (χ3n) is 5.53. The van der Waals surface area contributed by atoms with Gasteiger partial charge in [0, 0.05) is 17.2 Å². The molecule has 1 aromatic carbocycles. The van der Waals surface area contributed by atoms with Gasteiger partial charge in [-0.3, -0.25) is 14.7 Å². The molecule has 1 amide bonds. The normalized spacial score (nSPS) is 19.6. The van der Waals surface area contributed by atoms with Crippen LogP contribution in [0.2, 0.25) is 0 Å². The molecule has 0 bridgehead atoms. The van der Waals surface area contributed by atoms with Crippen LogP contribution in [0.4, 0.5) is 4.79 Å². The molecule has 2 heterocycles. The van der Waals surface area contributed by atoms with Gasteiger partial charge in [0.25, 0.3) is 0 Å². The minimum absolute atomic E-state index is 0.0206. The molecule has 1 saturated heterocycles. The van der Waals surface area contributed by atoms with Gasteiger partial charge in [-0.25, -0.2) is 4.79 Å². The number of aromatic nitrogens is 1. The van der Waals surface area contributed by atoms with Gasteiger partial charge in [-0.2, -0.15) is 0 Å². The van der Waals surface area contributed by atoms with Crippen molar-refractivity contribution < 1.29 is 19.1 Å². The van der Waals surface area contributed by atoms with Crippen molar-refractivity contribution in [3.8, 4) is 5.75 Å². The van der Waals surface area contributed by atoms with Gasteiger partial charge >= 0.3 is 6.09 Å². The molecule has 0 N–H and O–H groups in total. The van der Waals surface area contributed by atoms with Crippen LogP contribution >= 0.6 is 0 Å². The minimum Gasteiger partial charge on any atom is -0.497 e. The molecule has 1 aromatic heterocycles. The number of Topliss-reactive ketones (excluding diaryl/α,β-unsaturated/α-hetero) is 1. The van der Waals surface area contributed by atoms with Crippen molar-refractivity contribution in [1.29, 1.82) is 0 Å². The van der Waals surface area contributed by atoms with E-state index in [9.17, 15) is 9.59 Å². The van der Waals surface area contributed by atoms with Gasteiger partial charge in [0.1, 0.15) is 5.75 Å². The number of amides is 1. The second-order valence-electron chi connectivity index (χ2n) is 7.87. The Morgan fingerprint density at radius 1 is 1.23 bits per heavy atom. The molecule has 1 fully saturated rings. The zero-order valence-corrected chi connectivity index (χ0v) is 17.9. The summed E-state index contributed by atoms with van der Waals surface area (Å²) in [5, 5.41) is 0. The number of ketones is 1. The maximum Gasteiger partial charge on any atom is 0.410 e. The number of carbonyl (C=O) groups is 2. The summed E-state index contributed by atoms with van der Waals surface area (Å²) in [5.74, 6) is 0.785. The van der Waals surface area contributed by atoms with E-state index >= 15 is 0 Å². The monoisotopic (exact) mass is 408 g/mol. The highest BCUT2D eigenvalue weighted by Crippen LogP contribution is 2.37. The summed E-state index contributed by atoms with van der Waals surface area (Å²) in [4.78, 5) is 32.2. The highest BCUT2D eigenvalue weighted by molar-refractivity contribution is 6.05. The number of methoxy groups -OCH3 is 1. The molecule has 158 valence electrons. The van der Waals surface area contributed by atoms with E-state index in [2.05, 4.69) is 4.98 Å². The number of hydrogen-bond acceptors (Lipinski definition) is 5. The quantitative estimate of drug-likeness (QED) is 0.695. The Bertz CT molecular complexity index is 920. The Kier molecular flexibility index (Phi) is 6.55. The number of hydrogen-bond donors (Lipinski definition) is 0. The van der Waals surface area contributed by atoms with Gasteiger partial charge in [-0.15, -0.1) is 0 Å². The Morgan fingerprint density at radius 2 is 1.97 bits per heavy atom. The lowest BCUT2D eigenvalue weighted by molar-refractivity contribution is -0.129. The summed E-state index contributed by atoms with van der Waals surface area (Å²) in [5.41, 5.74) is 1.48. The summed E-state index contributed by atoms with van der Waals surface area (Å²) in [7, 11) is 1.62. The third-order valence-corrected chi connectivity index (χ3v) is 5.53. The summed E-state index contributed by atoms with van der Waals surface area (Å²) < 4.78 is 10.6. The molecular formula is C24H28N2O4. The molecule has 0 radical (unpaired) electrons. The zero-order valence-electron chi connectivity index (χ0n) is 17.9. The van der Waals surface area contributed by atoms with E-state index < -0.39 is 11.5 Å². The average molecular weight is 408 g/mol. The predicted octanol–water partition coefficient (Wildman–Crippen LogP) is 4.15. The second-order valence-corrected chi connectivity index (χ2v) is 7.87. The standard InChI is InChI=1S/C24H28N2O4/c1-5-30-23(28)26-16-18(15-19-8-6-7-13-25-19)22(27)24(2,3)21(26)14-17-9-11-20(29-4)12-10-17/h6-13,15,21H,5,14,16H2,1-4H3/b18-15-. The highest BCUT2D eigenvalue weighted by atomic mass is 16.6. The van der Waals surface area contributed by atoms with Crippen LogP contribution in [0.3, 0.4) is 0 Å². The van der Waals surface area contributed by atoms with E-state index in [4.69, 9.17) is 9.47 Å². The van der Waals surface area contributed by atoms with Crippen LogP contribution < -0.4 is 4.74 Å². The third kappa shape index (κ3) is 4.53. The van der Waals surface area contributed by atoms with Crippen molar-refractivity contribution in [2.24, 2.45) is 5.41 Å². The first kappa shape index (κ1) is 21.6. The molecule has 1 aliphatic heterocycles. The zero-order chi connectivity index (χ0) is 21.7. The van der Waals surface area contributed by atoms with Crippen molar-refractivity contribution >= 4 is 18.0 Å². The first-order chi connectivity index (χ1) is 14.4. The second kappa shape index (κ2) is 9.11. The van der Waals surface area contributed by atoms with E-state index in [0.717, 1.165) is 11.3 Å².